The van der Waals surface area contributed by atoms with Gasteiger partial charge in [-0.3, -0.25) is 10.1 Å². The highest BCUT2D eigenvalue weighted by atomic mass is 16.6. The predicted octanol–water partition coefficient (Wildman–Crippen LogP) is 3.58. The van der Waals surface area contributed by atoms with Crippen LogP contribution in [0.3, 0.4) is 0 Å². The molecule has 1 unspecified atom stereocenters. The Kier molecular flexibility index (Phi) is 4.47. The molecule has 0 fully saturated rings. The number of methoxy groups -OCH3 is 1. The van der Waals surface area contributed by atoms with Gasteiger partial charge in [-0.15, -0.1) is 0 Å². The first-order chi connectivity index (χ1) is 10.3. The van der Waals surface area contributed by atoms with Crippen LogP contribution in [-0.4, -0.2) is 12.0 Å². The van der Waals surface area contributed by atoms with E-state index in [4.69, 9.17) is 10.5 Å². The zero-order valence-electron chi connectivity index (χ0n) is 13.2. The monoisotopic (exact) mass is 300 g/mol. The lowest BCUT2D eigenvalue weighted by Gasteiger charge is -2.16. The van der Waals surface area contributed by atoms with Gasteiger partial charge in [-0.25, -0.2) is 0 Å². The minimum Gasteiger partial charge on any atom is -0.496 e. The first kappa shape index (κ1) is 16.0. The summed E-state index contributed by atoms with van der Waals surface area (Å²) in [7, 11) is 1.61. The fraction of sp³-hybridized carbons (Fsp3) is 0.294. The van der Waals surface area contributed by atoms with Gasteiger partial charge in [-0.2, -0.15) is 0 Å². The average Bonchev–Trinajstić information content (AvgIpc) is 2.49. The van der Waals surface area contributed by atoms with E-state index in [1.165, 1.54) is 0 Å². The molecule has 0 aromatic heterocycles. The van der Waals surface area contributed by atoms with Crippen molar-refractivity contribution < 1.29 is 9.66 Å². The third-order valence-corrected chi connectivity index (χ3v) is 4.01. The third kappa shape index (κ3) is 2.94. The second kappa shape index (κ2) is 6.15. The second-order valence-corrected chi connectivity index (χ2v) is 5.45. The molecule has 0 aliphatic heterocycles. The third-order valence-electron chi connectivity index (χ3n) is 4.01. The molecular weight excluding hydrogens is 280 g/mol. The van der Waals surface area contributed by atoms with Gasteiger partial charge < -0.3 is 10.5 Å². The fourth-order valence-corrected chi connectivity index (χ4v) is 2.46. The molecule has 0 saturated heterocycles. The van der Waals surface area contributed by atoms with E-state index in [0.717, 1.165) is 28.0 Å². The maximum Gasteiger partial charge on any atom is 0.272 e. The highest BCUT2D eigenvalue weighted by molar-refractivity contribution is 5.50. The quantitative estimate of drug-likeness (QED) is 0.691. The molecule has 0 spiro atoms. The van der Waals surface area contributed by atoms with Gasteiger partial charge in [0.2, 0.25) is 0 Å². The number of aryl methyl sites for hydroxylation is 2. The van der Waals surface area contributed by atoms with Gasteiger partial charge >= 0.3 is 0 Å². The molecule has 0 aliphatic carbocycles. The lowest BCUT2D eigenvalue weighted by atomic mass is 9.94. The maximum atomic E-state index is 11.2. The Balaban J connectivity index is 2.49. The smallest absolute Gasteiger partial charge is 0.272 e. The van der Waals surface area contributed by atoms with Gasteiger partial charge in [0.1, 0.15) is 5.75 Å². The molecule has 0 radical (unpaired) electrons. The van der Waals surface area contributed by atoms with Crippen molar-refractivity contribution in [3.8, 4) is 5.75 Å². The molecule has 116 valence electrons. The summed E-state index contributed by atoms with van der Waals surface area (Å²) in [5, 5.41) is 11.2. The normalized spacial score (nSPS) is 12.0. The number of ether oxygens (including phenoxy) is 1. The molecule has 0 saturated carbocycles. The van der Waals surface area contributed by atoms with Crippen LogP contribution in [0.25, 0.3) is 0 Å². The maximum absolute atomic E-state index is 11.2. The van der Waals surface area contributed by atoms with E-state index in [0.29, 0.717) is 5.56 Å². The zero-order valence-corrected chi connectivity index (χ0v) is 13.2. The van der Waals surface area contributed by atoms with Crippen LogP contribution in [0.1, 0.15) is 33.9 Å². The number of rotatable bonds is 4. The zero-order chi connectivity index (χ0) is 16.4. The summed E-state index contributed by atoms with van der Waals surface area (Å²) in [5.41, 5.74) is 10.5. The van der Waals surface area contributed by atoms with Gasteiger partial charge in [0.25, 0.3) is 5.69 Å². The summed E-state index contributed by atoms with van der Waals surface area (Å²) < 4.78 is 5.31. The molecule has 0 bridgehead atoms. The highest BCUT2D eigenvalue weighted by Gasteiger charge is 2.18. The first-order valence-corrected chi connectivity index (χ1v) is 7.00. The number of hydrogen-bond acceptors (Lipinski definition) is 4. The van der Waals surface area contributed by atoms with Crippen molar-refractivity contribution >= 4 is 5.69 Å². The minimum atomic E-state index is -0.438. The van der Waals surface area contributed by atoms with Crippen molar-refractivity contribution in [3.05, 3.63) is 68.3 Å². The molecule has 0 heterocycles. The Morgan fingerprint density at radius 3 is 2.36 bits per heavy atom. The number of nitro benzene ring substituents is 1. The fourth-order valence-electron chi connectivity index (χ4n) is 2.46. The molecule has 5 heteroatoms. The summed E-state index contributed by atoms with van der Waals surface area (Å²) in [6.07, 6.45) is 0. The topological polar surface area (TPSA) is 78.4 Å². The van der Waals surface area contributed by atoms with Crippen molar-refractivity contribution in [2.24, 2.45) is 5.73 Å². The predicted molar refractivity (Wildman–Crippen MR) is 86.3 cm³/mol. The van der Waals surface area contributed by atoms with Gasteiger partial charge in [0, 0.05) is 11.6 Å². The number of benzene rings is 2. The van der Waals surface area contributed by atoms with Crippen LogP contribution in [0, 0.1) is 30.9 Å². The van der Waals surface area contributed by atoms with Gasteiger partial charge in [0.05, 0.1) is 18.1 Å². The minimum absolute atomic E-state index is 0.101. The van der Waals surface area contributed by atoms with Crippen LogP contribution in [-0.2, 0) is 0 Å². The number of hydrogen-bond donors (Lipinski definition) is 1. The van der Waals surface area contributed by atoms with E-state index in [1.807, 2.05) is 38.1 Å². The van der Waals surface area contributed by atoms with Gasteiger partial charge in [0.15, 0.2) is 0 Å². The molecule has 2 aromatic carbocycles. The van der Waals surface area contributed by atoms with E-state index < -0.39 is 6.04 Å². The van der Waals surface area contributed by atoms with E-state index >= 15 is 0 Å². The molecule has 2 aromatic rings. The summed E-state index contributed by atoms with van der Waals surface area (Å²) in [6.45, 7) is 5.56. The van der Waals surface area contributed by atoms with Crippen LogP contribution in [0.4, 0.5) is 5.69 Å². The Bertz CT molecular complexity index is 726. The van der Waals surface area contributed by atoms with Crippen molar-refractivity contribution in [2.75, 3.05) is 7.11 Å². The van der Waals surface area contributed by atoms with Gasteiger partial charge in [-0.1, -0.05) is 18.2 Å². The Morgan fingerprint density at radius 2 is 1.77 bits per heavy atom. The van der Waals surface area contributed by atoms with Crippen molar-refractivity contribution in [1.29, 1.82) is 0 Å². The molecule has 22 heavy (non-hydrogen) atoms. The lowest BCUT2D eigenvalue weighted by molar-refractivity contribution is -0.385. The summed E-state index contributed by atoms with van der Waals surface area (Å²) in [6, 6.07) is 8.75. The summed E-state index contributed by atoms with van der Waals surface area (Å²) in [5.74, 6) is 0.756. The van der Waals surface area contributed by atoms with Crippen LogP contribution in [0.15, 0.2) is 30.3 Å². The van der Waals surface area contributed by atoms with Crippen molar-refractivity contribution in [1.82, 2.24) is 0 Å². The van der Waals surface area contributed by atoms with E-state index in [9.17, 15) is 10.1 Å². The summed E-state index contributed by atoms with van der Waals surface area (Å²) >= 11 is 0. The number of nitro groups is 1. The van der Waals surface area contributed by atoms with Crippen molar-refractivity contribution in [2.45, 2.75) is 26.8 Å². The molecule has 2 N–H and O–H groups in total. The largest absolute Gasteiger partial charge is 0.496 e. The lowest BCUT2D eigenvalue weighted by Crippen LogP contribution is -2.13. The Hall–Kier alpha value is -2.40. The first-order valence-electron chi connectivity index (χ1n) is 7.00. The highest BCUT2D eigenvalue weighted by Crippen LogP contribution is 2.30. The standard InChI is InChI=1S/C17H20N2O3/c1-10-5-6-13(9-16(10)22-4)17(18)14-7-11(2)12(3)15(8-14)19(20)21/h5-9,17H,18H2,1-4H3. The van der Waals surface area contributed by atoms with E-state index in [2.05, 4.69) is 0 Å². The van der Waals surface area contributed by atoms with Crippen LogP contribution >= 0.6 is 0 Å². The number of nitrogens with zero attached hydrogens (tertiary/aromatic N) is 1. The molecular formula is C17H20N2O3. The molecule has 1 atom stereocenters. The molecule has 0 aliphatic rings. The van der Waals surface area contributed by atoms with Crippen molar-refractivity contribution in [3.63, 3.8) is 0 Å². The second-order valence-electron chi connectivity index (χ2n) is 5.45. The molecule has 0 amide bonds. The molecule has 2 rings (SSSR count). The van der Waals surface area contributed by atoms with E-state index in [1.54, 1.807) is 20.1 Å². The number of nitrogens with two attached hydrogens (primary N) is 1. The van der Waals surface area contributed by atoms with Gasteiger partial charge in [-0.05, 0) is 49.1 Å². The Morgan fingerprint density at radius 1 is 1.09 bits per heavy atom. The average molecular weight is 300 g/mol. The van der Waals surface area contributed by atoms with Crippen LogP contribution < -0.4 is 10.5 Å². The van der Waals surface area contributed by atoms with Crippen LogP contribution in [0.5, 0.6) is 5.75 Å². The SMILES string of the molecule is COc1cc(C(N)c2cc(C)c(C)c([N+](=O)[O-])c2)ccc1C. The summed E-state index contributed by atoms with van der Waals surface area (Å²) in [4.78, 5) is 10.8. The Labute approximate surface area is 129 Å². The van der Waals surface area contributed by atoms with Crippen LogP contribution in [0.2, 0.25) is 0 Å². The van der Waals surface area contributed by atoms with E-state index in [-0.39, 0.29) is 10.6 Å². The molecule has 5 nitrogen and oxygen atoms in total.